The zero-order valence-corrected chi connectivity index (χ0v) is 17.1. The van der Waals surface area contributed by atoms with Gasteiger partial charge in [0, 0.05) is 19.2 Å². The Bertz CT molecular complexity index is 871. The van der Waals surface area contributed by atoms with E-state index in [0.29, 0.717) is 23.4 Å². The van der Waals surface area contributed by atoms with E-state index in [-0.39, 0.29) is 35.2 Å². The van der Waals surface area contributed by atoms with Crippen LogP contribution in [0.5, 0.6) is 5.75 Å². The molecule has 2 atom stereocenters. The second-order valence-corrected chi connectivity index (χ2v) is 7.29. The van der Waals surface area contributed by atoms with Crippen LogP contribution in [0.25, 0.3) is 11.1 Å². The average Bonchev–Trinajstić information content (AvgIpc) is 2.59. The van der Waals surface area contributed by atoms with Crippen LogP contribution in [0.1, 0.15) is 27.2 Å². The Morgan fingerprint density at radius 1 is 1.28 bits per heavy atom. The number of hydrogen-bond acceptors (Lipinski definition) is 4. The van der Waals surface area contributed by atoms with Crippen molar-refractivity contribution < 1.29 is 23.8 Å². The van der Waals surface area contributed by atoms with Gasteiger partial charge in [0.2, 0.25) is 5.91 Å². The molecule has 1 aromatic heterocycles. The predicted molar refractivity (Wildman–Crippen MR) is 109 cm³/mol. The van der Waals surface area contributed by atoms with E-state index in [0.717, 1.165) is 0 Å². The number of carbonyl (C=O) groups excluding carboxylic acids is 1. The summed E-state index contributed by atoms with van der Waals surface area (Å²) in [6.07, 6.45) is 0.949. The maximum Gasteiger partial charge on any atom is 0.404 e. The topological polar surface area (TPSA) is 101 Å². The van der Waals surface area contributed by atoms with Gasteiger partial charge in [-0.3, -0.25) is 4.79 Å². The van der Waals surface area contributed by atoms with Gasteiger partial charge in [0.25, 0.3) is 0 Å². The minimum Gasteiger partial charge on any atom is -0.489 e. The first kappa shape index (κ1) is 22.4. The molecule has 0 fully saturated rings. The van der Waals surface area contributed by atoms with Crippen molar-refractivity contribution in [3.63, 3.8) is 0 Å². The van der Waals surface area contributed by atoms with E-state index in [1.807, 2.05) is 6.92 Å². The molecule has 29 heavy (non-hydrogen) atoms. The number of amides is 2. The highest BCUT2D eigenvalue weighted by Gasteiger charge is 2.16. The van der Waals surface area contributed by atoms with Gasteiger partial charge in [0.15, 0.2) is 11.6 Å². The second-order valence-electron chi connectivity index (χ2n) is 6.88. The van der Waals surface area contributed by atoms with Gasteiger partial charge in [-0.2, -0.15) is 0 Å². The average molecular weight is 424 g/mol. The Balaban J connectivity index is 2.09. The lowest BCUT2D eigenvalue weighted by molar-refractivity contribution is -0.114. The van der Waals surface area contributed by atoms with E-state index in [2.05, 4.69) is 15.6 Å². The van der Waals surface area contributed by atoms with Crippen LogP contribution in [0.3, 0.4) is 0 Å². The molecule has 1 heterocycles. The van der Waals surface area contributed by atoms with Gasteiger partial charge in [-0.1, -0.05) is 18.5 Å². The molecule has 0 radical (unpaired) electrons. The summed E-state index contributed by atoms with van der Waals surface area (Å²) in [5.74, 6) is -0.603. The van der Waals surface area contributed by atoms with Crippen LogP contribution in [0, 0.1) is 11.7 Å². The first-order valence-electron chi connectivity index (χ1n) is 9.01. The number of nitrogens with one attached hydrogen (secondary N) is 2. The predicted octanol–water partition coefficient (Wildman–Crippen LogP) is 4.56. The highest BCUT2D eigenvalue weighted by Crippen LogP contribution is 2.34. The van der Waals surface area contributed by atoms with E-state index in [1.165, 1.54) is 19.2 Å². The van der Waals surface area contributed by atoms with Crippen molar-refractivity contribution in [2.24, 2.45) is 5.92 Å². The van der Waals surface area contributed by atoms with Gasteiger partial charge in [0.05, 0.1) is 11.6 Å². The fourth-order valence-electron chi connectivity index (χ4n) is 2.89. The summed E-state index contributed by atoms with van der Waals surface area (Å²) in [6, 6.07) is 5.92. The molecule has 0 aliphatic carbocycles. The molecular weight excluding hydrogens is 401 g/mol. The van der Waals surface area contributed by atoms with Gasteiger partial charge >= 0.3 is 6.09 Å². The maximum absolute atomic E-state index is 14.6. The highest BCUT2D eigenvalue weighted by atomic mass is 35.5. The van der Waals surface area contributed by atoms with Crippen molar-refractivity contribution in [2.75, 3.05) is 11.9 Å². The lowest BCUT2D eigenvalue weighted by Crippen LogP contribution is -2.33. The number of anilines is 1. The van der Waals surface area contributed by atoms with Crippen molar-refractivity contribution in [2.45, 2.75) is 33.2 Å². The number of aromatic nitrogens is 1. The molecule has 0 aliphatic rings. The number of benzene rings is 1. The van der Waals surface area contributed by atoms with Crippen LogP contribution in [-0.4, -0.2) is 34.7 Å². The number of pyridine rings is 1. The molecule has 7 nitrogen and oxygen atoms in total. The van der Waals surface area contributed by atoms with Crippen LogP contribution in [-0.2, 0) is 4.79 Å². The van der Waals surface area contributed by atoms with Gasteiger partial charge in [-0.05, 0) is 54.7 Å². The quantitative estimate of drug-likeness (QED) is 0.577. The Labute approximate surface area is 173 Å². The monoisotopic (exact) mass is 423 g/mol. The molecular formula is C20H23ClFN3O4. The molecule has 0 spiro atoms. The maximum atomic E-state index is 14.6. The summed E-state index contributed by atoms with van der Waals surface area (Å²) in [5, 5.41) is 13.8. The standard InChI is InChI=1S/C20H23ClFN3O4/c1-11(6-12(2)24-20(27)28)10-29-19-16(21)7-15(8-17(19)22)14-4-5-23-18(9-14)25-13(3)26/h4-5,7-9,11-12,24H,6,10H2,1-3H3,(H,27,28)(H,23,25,26). The van der Waals surface area contributed by atoms with Crippen molar-refractivity contribution in [1.82, 2.24) is 10.3 Å². The highest BCUT2D eigenvalue weighted by molar-refractivity contribution is 6.32. The number of carbonyl (C=O) groups is 2. The van der Waals surface area contributed by atoms with Crippen molar-refractivity contribution in [3.05, 3.63) is 41.3 Å². The molecule has 0 saturated carbocycles. The Morgan fingerprint density at radius 3 is 2.62 bits per heavy atom. The summed E-state index contributed by atoms with van der Waals surface area (Å²) in [5.41, 5.74) is 1.15. The molecule has 0 bridgehead atoms. The van der Waals surface area contributed by atoms with Crippen molar-refractivity contribution >= 4 is 29.4 Å². The third-order valence-electron chi connectivity index (χ3n) is 4.03. The van der Waals surface area contributed by atoms with E-state index < -0.39 is 11.9 Å². The SMILES string of the molecule is CC(=O)Nc1cc(-c2cc(F)c(OCC(C)CC(C)NC(=O)O)c(Cl)c2)ccn1. The van der Waals surface area contributed by atoms with Crippen LogP contribution < -0.4 is 15.4 Å². The van der Waals surface area contributed by atoms with Crippen LogP contribution in [0.15, 0.2) is 30.5 Å². The molecule has 1 aromatic carbocycles. The number of ether oxygens (including phenoxy) is 1. The first-order valence-corrected chi connectivity index (χ1v) is 9.38. The molecule has 0 aliphatic heterocycles. The van der Waals surface area contributed by atoms with Crippen molar-refractivity contribution in [3.8, 4) is 16.9 Å². The molecule has 9 heteroatoms. The molecule has 3 N–H and O–H groups in total. The van der Waals surface area contributed by atoms with Gasteiger partial charge in [-0.25, -0.2) is 14.2 Å². The number of nitrogens with zero attached hydrogens (tertiary/aromatic N) is 1. The number of halogens is 2. The van der Waals surface area contributed by atoms with E-state index in [1.54, 1.807) is 25.1 Å². The zero-order valence-electron chi connectivity index (χ0n) is 16.3. The second kappa shape index (κ2) is 10.1. The van der Waals surface area contributed by atoms with Crippen molar-refractivity contribution in [1.29, 1.82) is 0 Å². The molecule has 156 valence electrons. The molecule has 0 saturated heterocycles. The van der Waals surface area contributed by atoms with Gasteiger partial charge < -0.3 is 20.5 Å². The number of hydrogen-bond donors (Lipinski definition) is 3. The van der Waals surface area contributed by atoms with E-state index >= 15 is 0 Å². The largest absolute Gasteiger partial charge is 0.489 e. The zero-order chi connectivity index (χ0) is 21.6. The summed E-state index contributed by atoms with van der Waals surface area (Å²) in [6.45, 7) is 5.18. The minimum atomic E-state index is -1.09. The third-order valence-corrected chi connectivity index (χ3v) is 4.31. The van der Waals surface area contributed by atoms with Crippen LogP contribution in [0.4, 0.5) is 15.0 Å². The number of rotatable bonds is 8. The lowest BCUT2D eigenvalue weighted by Gasteiger charge is -2.18. The lowest BCUT2D eigenvalue weighted by atomic mass is 10.0. The van der Waals surface area contributed by atoms with Gasteiger partial charge in [0.1, 0.15) is 5.82 Å². The van der Waals surface area contributed by atoms with Crippen LogP contribution in [0.2, 0.25) is 5.02 Å². The van der Waals surface area contributed by atoms with E-state index in [4.69, 9.17) is 21.4 Å². The fraction of sp³-hybridized carbons (Fsp3) is 0.350. The Morgan fingerprint density at radius 2 is 2.00 bits per heavy atom. The summed E-state index contributed by atoms with van der Waals surface area (Å²) < 4.78 is 20.2. The summed E-state index contributed by atoms with van der Waals surface area (Å²) in [7, 11) is 0. The Kier molecular flexibility index (Phi) is 7.78. The summed E-state index contributed by atoms with van der Waals surface area (Å²) >= 11 is 6.23. The smallest absolute Gasteiger partial charge is 0.404 e. The molecule has 2 amide bonds. The number of carboxylic acid groups (broad SMARTS) is 1. The van der Waals surface area contributed by atoms with Gasteiger partial charge in [-0.15, -0.1) is 0 Å². The first-order chi connectivity index (χ1) is 13.7. The third kappa shape index (κ3) is 6.90. The Hall–Kier alpha value is -2.87. The molecule has 2 rings (SSSR count). The fourth-order valence-corrected chi connectivity index (χ4v) is 3.15. The minimum absolute atomic E-state index is 0.0209. The molecule has 2 aromatic rings. The molecule has 2 unspecified atom stereocenters. The normalized spacial score (nSPS) is 12.7. The van der Waals surface area contributed by atoms with E-state index in [9.17, 15) is 14.0 Å². The summed E-state index contributed by atoms with van der Waals surface area (Å²) in [4.78, 5) is 25.9. The van der Waals surface area contributed by atoms with Crippen LogP contribution >= 0.6 is 11.6 Å².